The predicted octanol–water partition coefficient (Wildman–Crippen LogP) is 8.31. The van der Waals surface area contributed by atoms with Crippen LogP contribution >= 0.6 is 0 Å². The van der Waals surface area contributed by atoms with E-state index in [0.29, 0.717) is 0 Å². The fraction of sp³-hybridized carbons (Fsp3) is 0.441. The minimum Gasteiger partial charge on any atom is -0.495 e. The zero-order chi connectivity index (χ0) is 28.7. The summed E-state index contributed by atoms with van der Waals surface area (Å²) in [6.07, 6.45) is 4.26. The second-order valence-electron chi connectivity index (χ2n) is 12.3. The van der Waals surface area contributed by atoms with E-state index in [1.54, 1.807) is 14.2 Å². The number of ether oxygens (including phenoxy) is 2. The summed E-state index contributed by atoms with van der Waals surface area (Å²) in [5.41, 5.74) is 6.70. The van der Waals surface area contributed by atoms with Crippen molar-refractivity contribution in [3.8, 4) is 11.5 Å². The molecule has 0 saturated heterocycles. The van der Waals surface area contributed by atoms with Gasteiger partial charge in [-0.2, -0.15) is 0 Å². The average Bonchev–Trinajstić information content (AvgIpc) is 2.92. The van der Waals surface area contributed by atoms with Crippen LogP contribution in [-0.4, -0.2) is 25.3 Å². The molecule has 212 valence electrons. The van der Waals surface area contributed by atoms with Gasteiger partial charge in [-0.1, -0.05) is 51.5 Å². The molecule has 1 saturated carbocycles. The van der Waals surface area contributed by atoms with Gasteiger partial charge in [-0.05, 0) is 91.3 Å². The van der Waals surface area contributed by atoms with E-state index in [4.69, 9.17) is 9.47 Å². The van der Waals surface area contributed by atoms with Gasteiger partial charge in [0, 0.05) is 16.9 Å². The van der Waals surface area contributed by atoms with Gasteiger partial charge in [-0.15, -0.1) is 0 Å². The average molecular weight is 543 g/mol. The van der Waals surface area contributed by atoms with Crippen molar-refractivity contribution in [1.82, 2.24) is 0 Å². The Balaban J connectivity index is 1.73. The van der Waals surface area contributed by atoms with Crippen LogP contribution in [0.25, 0.3) is 0 Å². The molecular formula is C34H42N2O4. The van der Waals surface area contributed by atoms with Crippen LogP contribution < -0.4 is 20.1 Å². The van der Waals surface area contributed by atoms with Gasteiger partial charge in [0.2, 0.25) is 0 Å². The first kappa shape index (κ1) is 27.9. The van der Waals surface area contributed by atoms with E-state index < -0.39 is 11.4 Å². The lowest BCUT2D eigenvalue weighted by atomic mass is 9.50. The number of aliphatic carboxylic acids is 1. The molecule has 0 aliphatic heterocycles. The van der Waals surface area contributed by atoms with Gasteiger partial charge >= 0.3 is 5.97 Å². The van der Waals surface area contributed by atoms with Crippen LogP contribution in [-0.2, 0) is 17.6 Å². The van der Waals surface area contributed by atoms with E-state index in [2.05, 4.69) is 37.5 Å². The monoisotopic (exact) mass is 542 g/mol. The number of methoxy groups -OCH3 is 2. The predicted molar refractivity (Wildman–Crippen MR) is 162 cm³/mol. The van der Waals surface area contributed by atoms with Gasteiger partial charge in [0.1, 0.15) is 11.5 Å². The quantitative estimate of drug-likeness (QED) is 0.266. The Labute approximate surface area is 238 Å². The van der Waals surface area contributed by atoms with Crippen molar-refractivity contribution in [1.29, 1.82) is 0 Å². The fourth-order valence-corrected chi connectivity index (χ4v) is 7.36. The van der Waals surface area contributed by atoms with E-state index in [0.717, 1.165) is 71.9 Å². The van der Waals surface area contributed by atoms with Crippen molar-refractivity contribution >= 4 is 28.7 Å². The number of hydrogen-bond acceptors (Lipinski definition) is 5. The molecule has 0 radical (unpaired) electrons. The summed E-state index contributed by atoms with van der Waals surface area (Å²) in [6, 6.07) is 18.2. The summed E-state index contributed by atoms with van der Waals surface area (Å²) in [6.45, 7) is 8.68. The molecule has 40 heavy (non-hydrogen) atoms. The molecule has 2 aliphatic carbocycles. The zero-order valence-electron chi connectivity index (χ0n) is 24.6. The molecule has 0 unspecified atom stereocenters. The maximum atomic E-state index is 12.7. The van der Waals surface area contributed by atoms with Gasteiger partial charge in [0.05, 0.1) is 31.0 Å². The van der Waals surface area contributed by atoms with Gasteiger partial charge in [0.15, 0.2) is 0 Å². The largest absolute Gasteiger partial charge is 0.495 e. The Bertz CT molecular complexity index is 1420. The van der Waals surface area contributed by atoms with Crippen molar-refractivity contribution in [2.24, 2.45) is 16.7 Å². The van der Waals surface area contributed by atoms with E-state index in [1.807, 2.05) is 55.5 Å². The normalized spacial score (nSPS) is 23.6. The van der Waals surface area contributed by atoms with Crippen molar-refractivity contribution in [2.45, 2.75) is 65.7 Å². The molecule has 0 aromatic heterocycles. The van der Waals surface area contributed by atoms with Crippen LogP contribution in [0, 0.1) is 16.7 Å². The van der Waals surface area contributed by atoms with Crippen LogP contribution in [0.3, 0.4) is 0 Å². The Hall–Kier alpha value is -3.67. The number of hydrogen-bond donors (Lipinski definition) is 3. The third-order valence-corrected chi connectivity index (χ3v) is 9.43. The van der Waals surface area contributed by atoms with Crippen LogP contribution in [0.4, 0.5) is 22.7 Å². The molecule has 1 fully saturated rings. The third kappa shape index (κ3) is 4.78. The summed E-state index contributed by atoms with van der Waals surface area (Å²) in [7, 11) is 3.37. The highest BCUT2D eigenvalue weighted by molar-refractivity contribution is 5.82. The highest BCUT2D eigenvalue weighted by Crippen LogP contribution is 2.58. The summed E-state index contributed by atoms with van der Waals surface area (Å²) < 4.78 is 11.4. The van der Waals surface area contributed by atoms with E-state index in [9.17, 15) is 9.90 Å². The number of benzene rings is 3. The zero-order valence-corrected chi connectivity index (χ0v) is 24.6. The molecule has 6 heteroatoms. The Kier molecular flexibility index (Phi) is 7.47. The lowest BCUT2D eigenvalue weighted by molar-refractivity contribution is -0.160. The number of carbonyl (C=O) groups is 1. The lowest BCUT2D eigenvalue weighted by Gasteiger charge is -2.53. The topological polar surface area (TPSA) is 79.8 Å². The maximum absolute atomic E-state index is 12.7. The highest BCUT2D eigenvalue weighted by Gasteiger charge is 2.55. The smallest absolute Gasteiger partial charge is 0.309 e. The Morgan fingerprint density at radius 2 is 1.52 bits per heavy atom. The van der Waals surface area contributed by atoms with E-state index >= 15 is 0 Å². The first-order valence-electron chi connectivity index (χ1n) is 14.3. The molecule has 5 rings (SSSR count). The molecule has 0 amide bonds. The Morgan fingerprint density at radius 3 is 2.10 bits per heavy atom. The number of rotatable bonds is 8. The summed E-state index contributed by atoms with van der Waals surface area (Å²) in [4.78, 5) is 12.7. The Morgan fingerprint density at radius 1 is 0.925 bits per heavy atom. The summed E-state index contributed by atoms with van der Waals surface area (Å²) in [5.74, 6) is 1.10. The van der Waals surface area contributed by atoms with Crippen molar-refractivity contribution in [2.75, 3.05) is 24.9 Å². The summed E-state index contributed by atoms with van der Waals surface area (Å²) in [5, 5.41) is 17.9. The van der Waals surface area contributed by atoms with E-state index in [1.165, 1.54) is 11.1 Å². The minimum atomic E-state index is -0.751. The van der Waals surface area contributed by atoms with Gasteiger partial charge in [0.25, 0.3) is 0 Å². The first-order valence-corrected chi connectivity index (χ1v) is 14.3. The maximum Gasteiger partial charge on any atom is 0.309 e. The number of para-hydroxylation sites is 4. The first-order chi connectivity index (χ1) is 19.1. The number of carboxylic acids is 1. The second kappa shape index (κ2) is 10.7. The molecule has 0 bridgehead atoms. The number of nitrogens with one attached hydrogen (secondary N) is 2. The molecule has 0 spiro atoms. The molecular weight excluding hydrogens is 500 g/mol. The molecule has 2 aliphatic rings. The van der Waals surface area contributed by atoms with E-state index in [-0.39, 0.29) is 17.3 Å². The van der Waals surface area contributed by atoms with Gasteiger partial charge < -0.3 is 25.2 Å². The van der Waals surface area contributed by atoms with Crippen LogP contribution in [0.1, 0.15) is 69.6 Å². The van der Waals surface area contributed by atoms with Crippen LogP contribution in [0.5, 0.6) is 11.5 Å². The van der Waals surface area contributed by atoms with Crippen LogP contribution in [0.15, 0.2) is 54.6 Å². The highest BCUT2D eigenvalue weighted by atomic mass is 16.5. The molecule has 3 atom stereocenters. The van der Waals surface area contributed by atoms with Gasteiger partial charge in [-0.3, -0.25) is 4.79 Å². The van der Waals surface area contributed by atoms with Crippen molar-refractivity contribution in [3.63, 3.8) is 0 Å². The van der Waals surface area contributed by atoms with Gasteiger partial charge in [-0.25, -0.2) is 0 Å². The summed E-state index contributed by atoms with van der Waals surface area (Å²) >= 11 is 0. The number of fused-ring (bicyclic) bond motifs is 2. The minimum absolute atomic E-state index is 0.0463. The fourth-order valence-electron chi connectivity index (χ4n) is 7.36. The lowest BCUT2D eigenvalue weighted by Crippen LogP contribution is -2.51. The second-order valence-corrected chi connectivity index (χ2v) is 12.3. The van der Waals surface area contributed by atoms with Crippen molar-refractivity contribution in [3.05, 3.63) is 71.3 Å². The molecule has 0 heterocycles. The molecule has 3 aromatic rings. The SMILES string of the molecule is COc1ccccc1Nc1cc2c(c(Nc3ccccc3OC)c1C(C)C)C[C@@H]1[C@](C)(CCC[C@@]1(C)C(=O)O)C2. The third-order valence-electron chi connectivity index (χ3n) is 9.43. The van der Waals surface area contributed by atoms with Crippen molar-refractivity contribution < 1.29 is 19.4 Å². The number of carboxylic acid groups (broad SMARTS) is 1. The number of anilines is 4. The molecule has 3 aromatic carbocycles. The van der Waals surface area contributed by atoms with Crippen LogP contribution in [0.2, 0.25) is 0 Å². The molecule has 6 nitrogen and oxygen atoms in total. The standard InChI is InChI=1S/C34H42N2O4/c1-21(2)30-26(35-24-12-7-9-14-27(24)39-5)18-22-20-33(3)16-11-17-34(4,32(37)38)29(33)19-23(22)31(30)36-25-13-8-10-15-28(25)40-6/h7-10,12-15,18,21,29,35-36H,11,16-17,19-20H2,1-6H3,(H,37,38)/t29-,33-,34-/m1/s1. The molecule has 3 N–H and O–H groups in total.